The number of nitrogens with one attached hydrogen (secondary N) is 1. The van der Waals surface area contributed by atoms with Gasteiger partial charge in [0, 0.05) is 25.4 Å². The lowest BCUT2D eigenvalue weighted by atomic mass is 10.0. The smallest absolute Gasteiger partial charge is 0.220 e. The second kappa shape index (κ2) is 9.34. The number of hydrogen-bond donors (Lipinski definition) is 1. The Balaban J connectivity index is 1.57. The second-order valence-electron chi connectivity index (χ2n) is 6.70. The SMILES string of the molecule is COc1ccc(C(CNC(=O)CCc2cccnc2)N2CCCC2)cc1. The van der Waals surface area contributed by atoms with E-state index in [9.17, 15) is 4.79 Å². The van der Waals surface area contributed by atoms with Crippen LogP contribution in [0.1, 0.15) is 36.4 Å². The maximum Gasteiger partial charge on any atom is 0.220 e. The highest BCUT2D eigenvalue weighted by molar-refractivity contribution is 5.76. The molecule has 0 spiro atoms. The Morgan fingerprint density at radius 2 is 2.00 bits per heavy atom. The maximum atomic E-state index is 12.3. The molecule has 1 aliphatic heterocycles. The lowest BCUT2D eigenvalue weighted by Crippen LogP contribution is -2.36. The third kappa shape index (κ3) is 5.05. The number of ether oxygens (including phenoxy) is 1. The van der Waals surface area contributed by atoms with Gasteiger partial charge in [-0.05, 0) is 61.7 Å². The number of nitrogens with zero attached hydrogens (tertiary/aromatic N) is 2. The number of amides is 1. The minimum absolute atomic E-state index is 0.0894. The average Bonchev–Trinajstić information content (AvgIpc) is 3.22. The van der Waals surface area contributed by atoms with Crippen molar-refractivity contribution in [3.8, 4) is 5.75 Å². The predicted molar refractivity (Wildman–Crippen MR) is 102 cm³/mol. The molecule has 26 heavy (non-hydrogen) atoms. The fraction of sp³-hybridized carbons (Fsp3) is 0.429. The van der Waals surface area contributed by atoms with Crippen molar-refractivity contribution in [1.82, 2.24) is 15.2 Å². The molecule has 0 saturated carbocycles. The van der Waals surface area contributed by atoms with Crippen LogP contribution in [-0.2, 0) is 11.2 Å². The molecule has 1 amide bonds. The van der Waals surface area contributed by atoms with Gasteiger partial charge in [0.2, 0.25) is 5.91 Å². The summed E-state index contributed by atoms with van der Waals surface area (Å²) in [4.78, 5) is 18.9. The molecule has 1 N–H and O–H groups in total. The molecule has 5 heteroatoms. The topological polar surface area (TPSA) is 54.5 Å². The molecule has 0 aliphatic carbocycles. The molecule has 1 aromatic heterocycles. The number of hydrogen-bond acceptors (Lipinski definition) is 4. The molecular formula is C21H27N3O2. The minimum Gasteiger partial charge on any atom is -0.497 e. The molecule has 0 radical (unpaired) electrons. The number of rotatable bonds is 8. The van der Waals surface area contributed by atoms with Gasteiger partial charge in [0.05, 0.1) is 13.2 Å². The van der Waals surface area contributed by atoms with Gasteiger partial charge in [-0.25, -0.2) is 0 Å². The number of carbonyl (C=O) groups excluding carboxylic acids is 1. The van der Waals surface area contributed by atoms with Gasteiger partial charge < -0.3 is 10.1 Å². The number of benzene rings is 1. The molecule has 5 nitrogen and oxygen atoms in total. The van der Waals surface area contributed by atoms with E-state index < -0.39 is 0 Å². The normalized spacial score (nSPS) is 15.6. The Bertz CT molecular complexity index is 682. The number of aryl methyl sites for hydroxylation is 1. The van der Waals surface area contributed by atoms with E-state index in [1.807, 2.05) is 30.5 Å². The third-order valence-corrected chi connectivity index (χ3v) is 4.94. The molecule has 0 bridgehead atoms. The Labute approximate surface area is 155 Å². The maximum absolute atomic E-state index is 12.3. The number of pyridine rings is 1. The van der Waals surface area contributed by atoms with E-state index in [4.69, 9.17) is 4.74 Å². The van der Waals surface area contributed by atoms with Crippen LogP contribution in [0.5, 0.6) is 5.75 Å². The van der Waals surface area contributed by atoms with Gasteiger partial charge in [0.25, 0.3) is 0 Å². The molecule has 1 saturated heterocycles. The van der Waals surface area contributed by atoms with E-state index in [1.165, 1.54) is 18.4 Å². The largest absolute Gasteiger partial charge is 0.497 e. The molecule has 1 unspecified atom stereocenters. The molecule has 138 valence electrons. The molecule has 1 aromatic carbocycles. The summed E-state index contributed by atoms with van der Waals surface area (Å²) >= 11 is 0. The Hall–Kier alpha value is -2.40. The first-order valence-electron chi connectivity index (χ1n) is 9.30. The second-order valence-corrected chi connectivity index (χ2v) is 6.70. The van der Waals surface area contributed by atoms with Crippen LogP contribution in [-0.4, -0.2) is 42.5 Å². The van der Waals surface area contributed by atoms with Gasteiger partial charge in [-0.15, -0.1) is 0 Å². The fourth-order valence-electron chi connectivity index (χ4n) is 3.44. The first-order chi connectivity index (χ1) is 12.8. The zero-order chi connectivity index (χ0) is 18.2. The van der Waals surface area contributed by atoms with Crippen molar-refractivity contribution in [2.24, 2.45) is 0 Å². The highest BCUT2D eigenvalue weighted by atomic mass is 16.5. The van der Waals surface area contributed by atoms with Crippen LogP contribution in [0.2, 0.25) is 0 Å². The Morgan fingerprint density at radius 1 is 1.23 bits per heavy atom. The lowest BCUT2D eigenvalue weighted by Gasteiger charge is -2.28. The average molecular weight is 353 g/mol. The van der Waals surface area contributed by atoms with E-state index in [0.717, 1.165) is 30.8 Å². The van der Waals surface area contributed by atoms with Crippen molar-refractivity contribution in [3.63, 3.8) is 0 Å². The zero-order valence-corrected chi connectivity index (χ0v) is 15.4. The first-order valence-corrected chi connectivity index (χ1v) is 9.30. The predicted octanol–water partition coefficient (Wildman–Crippen LogP) is 2.98. The number of methoxy groups -OCH3 is 1. The lowest BCUT2D eigenvalue weighted by molar-refractivity contribution is -0.121. The number of aromatic nitrogens is 1. The molecule has 1 aliphatic rings. The van der Waals surface area contributed by atoms with Gasteiger partial charge >= 0.3 is 0 Å². The quantitative estimate of drug-likeness (QED) is 0.793. The van der Waals surface area contributed by atoms with E-state index in [-0.39, 0.29) is 11.9 Å². The molecule has 1 atom stereocenters. The van der Waals surface area contributed by atoms with Crippen molar-refractivity contribution in [2.45, 2.75) is 31.7 Å². The Morgan fingerprint density at radius 3 is 2.65 bits per heavy atom. The zero-order valence-electron chi connectivity index (χ0n) is 15.4. The molecule has 2 heterocycles. The van der Waals surface area contributed by atoms with E-state index in [1.54, 1.807) is 13.3 Å². The van der Waals surface area contributed by atoms with Crippen LogP contribution < -0.4 is 10.1 Å². The van der Waals surface area contributed by atoms with E-state index in [2.05, 4.69) is 27.3 Å². The first kappa shape index (κ1) is 18.4. The van der Waals surface area contributed by atoms with Gasteiger partial charge in [0.1, 0.15) is 5.75 Å². The highest BCUT2D eigenvalue weighted by Gasteiger charge is 2.24. The van der Waals surface area contributed by atoms with Crippen LogP contribution in [0.3, 0.4) is 0 Å². The van der Waals surface area contributed by atoms with E-state index in [0.29, 0.717) is 13.0 Å². The summed E-state index contributed by atoms with van der Waals surface area (Å²) < 4.78 is 5.26. The highest BCUT2D eigenvalue weighted by Crippen LogP contribution is 2.26. The monoisotopic (exact) mass is 353 g/mol. The van der Waals surface area contributed by atoms with Gasteiger partial charge in [-0.1, -0.05) is 18.2 Å². The third-order valence-electron chi connectivity index (χ3n) is 4.94. The van der Waals surface area contributed by atoms with Crippen LogP contribution >= 0.6 is 0 Å². The molecular weight excluding hydrogens is 326 g/mol. The standard InChI is InChI=1S/C21H27N3O2/c1-26-19-9-7-18(8-10-19)20(24-13-2-3-14-24)16-23-21(25)11-6-17-5-4-12-22-15-17/h4-5,7-10,12,15,20H,2-3,6,11,13-14,16H2,1H3,(H,23,25). The summed E-state index contributed by atoms with van der Waals surface area (Å²) in [6.07, 6.45) is 7.22. The molecule has 2 aromatic rings. The summed E-state index contributed by atoms with van der Waals surface area (Å²) in [7, 11) is 1.68. The summed E-state index contributed by atoms with van der Waals surface area (Å²) in [5, 5.41) is 3.12. The fourth-order valence-corrected chi connectivity index (χ4v) is 3.44. The van der Waals surface area contributed by atoms with Crippen molar-refractivity contribution in [3.05, 3.63) is 59.9 Å². The Kier molecular flexibility index (Phi) is 6.61. The van der Waals surface area contributed by atoms with Crippen molar-refractivity contribution in [1.29, 1.82) is 0 Å². The summed E-state index contributed by atoms with van der Waals surface area (Å²) in [5.41, 5.74) is 2.31. The van der Waals surface area contributed by atoms with Crippen molar-refractivity contribution < 1.29 is 9.53 Å². The summed E-state index contributed by atoms with van der Waals surface area (Å²) in [5.74, 6) is 0.945. The van der Waals surface area contributed by atoms with E-state index >= 15 is 0 Å². The van der Waals surface area contributed by atoms with Gasteiger partial charge in [0.15, 0.2) is 0 Å². The molecule has 1 fully saturated rings. The summed E-state index contributed by atoms with van der Waals surface area (Å²) in [6, 6.07) is 12.3. The van der Waals surface area contributed by atoms with Crippen molar-refractivity contribution in [2.75, 3.05) is 26.7 Å². The van der Waals surface area contributed by atoms with Crippen molar-refractivity contribution >= 4 is 5.91 Å². The molecule has 3 rings (SSSR count). The number of carbonyl (C=O) groups is 1. The minimum atomic E-state index is 0.0894. The van der Waals surface area contributed by atoms with Crippen LogP contribution in [0.15, 0.2) is 48.8 Å². The van der Waals surface area contributed by atoms with Gasteiger partial charge in [-0.2, -0.15) is 0 Å². The van der Waals surface area contributed by atoms with Crippen LogP contribution in [0.4, 0.5) is 0 Å². The van der Waals surface area contributed by atoms with Gasteiger partial charge in [-0.3, -0.25) is 14.7 Å². The van der Waals surface area contributed by atoms with Crippen LogP contribution in [0.25, 0.3) is 0 Å². The van der Waals surface area contributed by atoms with Crippen LogP contribution in [0, 0.1) is 0 Å². The summed E-state index contributed by atoms with van der Waals surface area (Å²) in [6.45, 7) is 2.81. The number of likely N-dealkylation sites (tertiary alicyclic amines) is 1.